The highest BCUT2D eigenvalue weighted by molar-refractivity contribution is 6.04. The SMILES string of the molecule is COc1cc(NC(=O)c2cn3[nH]c(=O)ccc3n2)ccc1NC(=O)Nc1cc(C(C)(C)C)on1. The lowest BCUT2D eigenvalue weighted by Crippen LogP contribution is -2.20. The van der Waals surface area contributed by atoms with Gasteiger partial charge in [-0.3, -0.25) is 20.0 Å². The highest BCUT2D eigenvalue weighted by Gasteiger charge is 2.20. The van der Waals surface area contributed by atoms with Gasteiger partial charge < -0.3 is 19.9 Å². The molecule has 3 aromatic heterocycles. The highest BCUT2D eigenvalue weighted by Crippen LogP contribution is 2.29. The third-order valence-electron chi connectivity index (χ3n) is 4.78. The van der Waals surface area contributed by atoms with Crippen molar-refractivity contribution < 1.29 is 18.8 Å². The standard InChI is InChI=1S/C22H23N7O5/c1-22(2,3)16-10-17(28-34-16)26-21(32)25-13-6-5-12(9-15(13)33-4)23-20(31)14-11-29-18(24-14)7-8-19(30)27-29/h5-11H,1-4H3,(H,23,31)(H,27,30)(H2,25,26,28,32). The first kappa shape index (κ1) is 22.6. The van der Waals surface area contributed by atoms with Crippen LogP contribution in [0.15, 0.2) is 51.9 Å². The molecule has 0 spiro atoms. The maximum Gasteiger partial charge on any atom is 0.325 e. The average molecular weight is 465 g/mol. The van der Waals surface area contributed by atoms with Gasteiger partial charge in [-0.2, -0.15) is 0 Å². The Balaban J connectivity index is 1.44. The molecule has 0 unspecified atom stereocenters. The number of carbonyl (C=O) groups excluding carboxylic acids is 2. The molecule has 12 nitrogen and oxygen atoms in total. The lowest BCUT2D eigenvalue weighted by atomic mass is 9.93. The molecule has 12 heteroatoms. The van der Waals surface area contributed by atoms with Crippen LogP contribution in [0.2, 0.25) is 0 Å². The van der Waals surface area contributed by atoms with Crippen molar-refractivity contribution in [3.8, 4) is 5.75 Å². The largest absolute Gasteiger partial charge is 0.494 e. The van der Waals surface area contributed by atoms with Crippen molar-refractivity contribution in [1.29, 1.82) is 0 Å². The number of H-pyrrole nitrogens is 1. The van der Waals surface area contributed by atoms with Gasteiger partial charge in [0.15, 0.2) is 11.5 Å². The van der Waals surface area contributed by atoms with Gasteiger partial charge in [0.05, 0.1) is 19.0 Å². The second-order valence-electron chi connectivity index (χ2n) is 8.44. The van der Waals surface area contributed by atoms with Gasteiger partial charge in [0.25, 0.3) is 11.5 Å². The van der Waals surface area contributed by atoms with Gasteiger partial charge in [-0.25, -0.2) is 14.3 Å². The molecule has 0 saturated carbocycles. The van der Waals surface area contributed by atoms with Gasteiger partial charge in [0.2, 0.25) is 0 Å². The van der Waals surface area contributed by atoms with Crippen molar-refractivity contribution in [2.75, 3.05) is 23.1 Å². The van der Waals surface area contributed by atoms with E-state index in [1.54, 1.807) is 24.3 Å². The molecule has 4 aromatic rings. The molecule has 0 fully saturated rings. The zero-order valence-corrected chi connectivity index (χ0v) is 18.9. The predicted octanol–water partition coefficient (Wildman–Crippen LogP) is 3.21. The lowest BCUT2D eigenvalue weighted by Gasteiger charge is -2.13. The summed E-state index contributed by atoms with van der Waals surface area (Å²) in [5, 5.41) is 14.4. The zero-order chi connectivity index (χ0) is 24.5. The van der Waals surface area contributed by atoms with E-state index >= 15 is 0 Å². The van der Waals surface area contributed by atoms with E-state index in [0.29, 0.717) is 28.5 Å². The molecule has 0 aliphatic heterocycles. The summed E-state index contributed by atoms with van der Waals surface area (Å²) in [5.41, 5.74) is 0.784. The number of methoxy groups -OCH3 is 1. The molecule has 0 atom stereocenters. The number of nitrogens with zero attached hydrogens (tertiary/aromatic N) is 3. The molecule has 4 N–H and O–H groups in total. The van der Waals surface area contributed by atoms with Crippen LogP contribution in [-0.4, -0.2) is 38.8 Å². The van der Waals surface area contributed by atoms with Gasteiger partial charge >= 0.3 is 6.03 Å². The molecule has 0 bridgehead atoms. The number of ether oxygens (including phenoxy) is 1. The van der Waals surface area contributed by atoms with E-state index in [-0.39, 0.29) is 22.5 Å². The molecule has 34 heavy (non-hydrogen) atoms. The summed E-state index contributed by atoms with van der Waals surface area (Å²) in [6, 6.07) is 8.68. The van der Waals surface area contributed by atoms with Crippen LogP contribution in [0.1, 0.15) is 37.0 Å². The normalized spacial score (nSPS) is 11.3. The van der Waals surface area contributed by atoms with E-state index in [2.05, 4.69) is 31.2 Å². The van der Waals surface area contributed by atoms with E-state index in [0.717, 1.165) is 0 Å². The second-order valence-corrected chi connectivity index (χ2v) is 8.44. The Hall–Kier alpha value is -4.61. The number of hydrogen-bond donors (Lipinski definition) is 4. The summed E-state index contributed by atoms with van der Waals surface area (Å²) < 4.78 is 12.0. The number of rotatable bonds is 5. The van der Waals surface area contributed by atoms with Crippen LogP contribution in [0, 0.1) is 0 Å². The van der Waals surface area contributed by atoms with Crippen LogP contribution in [-0.2, 0) is 5.41 Å². The number of carbonyl (C=O) groups is 2. The molecular weight excluding hydrogens is 442 g/mol. The number of anilines is 3. The number of hydrogen-bond acceptors (Lipinski definition) is 7. The number of nitrogens with one attached hydrogen (secondary N) is 4. The predicted molar refractivity (Wildman–Crippen MR) is 125 cm³/mol. The highest BCUT2D eigenvalue weighted by atomic mass is 16.5. The Morgan fingerprint density at radius 1 is 1.09 bits per heavy atom. The third kappa shape index (κ3) is 4.90. The molecule has 0 aliphatic carbocycles. The quantitative estimate of drug-likeness (QED) is 0.353. The van der Waals surface area contributed by atoms with Crippen molar-refractivity contribution in [3.63, 3.8) is 0 Å². The van der Waals surface area contributed by atoms with Crippen LogP contribution < -0.4 is 26.2 Å². The minimum absolute atomic E-state index is 0.115. The van der Waals surface area contributed by atoms with Gasteiger partial charge in [0.1, 0.15) is 17.2 Å². The number of benzene rings is 1. The molecule has 3 heterocycles. The first-order valence-electron chi connectivity index (χ1n) is 10.3. The molecule has 3 amide bonds. The monoisotopic (exact) mass is 465 g/mol. The van der Waals surface area contributed by atoms with E-state index in [1.807, 2.05) is 20.8 Å². The minimum Gasteiger partial charge on any atom is -0.494 e. The molecule has 0 saturated heterocycles. The summed E-state index contributed by atoms with van der Waals surface area (Å²) in [7, 11) is 1.44. The summed E-state index contributed by atoms with van der Waals surface area (Å²) in [5.74, 6) is 0.755. The first-order valence-corrected chi connectivity index (χ1v) is 10.3. The van der Waals surface area contributed by atoms with Crippen molar-refractivity contribution >= 4 is 34.8 Å². The van der Waals surface area contributed by atoms with Crippen molar-refractivity contribution in [1.82, 2.24) is 19.8 Å². The van der Waals surface area contributed by atoms with Crippen molar-refractivity contribution in [2.45, 2.75) is 26.2 Å². The Kier molecular flexibility index (Phi) is 5.80. The van der Waals surface area contributed by atoms with Gasteiger partial charge in [-0.1, -0.05) is 25.9 Å². The van der Waals surface area contributed by atoms with Crippen LogP contribution in [0.5, 0.6) is 5.75 Å². The molecular formula is C22H23N7O5. The van der Waals surface area contributed by atoms with Crippen LogP contribution >= 0.6 is 0 Å². The van der Waals surface area contributed by atoms with Gasteiger partial charge in [0, 0.05) is 29.3 Å². The van der Waals surface area contributed by atoms with E-state index < -0.39 is 11.9 Å². The fourth-order valence-corrected chi connectivity index (χ4v) is 3.04. The van der Waals surface area contributed by atoms with Crippen molar-refractivity contribution in [2.24, 2.45) is 0 Å². The van der Waals surface area contributed by atoms with Gasteiger partial charge in [-0.15, -0.1) is 0 Å². The lowest BCUT2D eigenvalue weighted by molar-refractivity contribution is 0.102. The summed E-state index contributed by atoms with van der Waals surface area (Å²) in [4.78, 5) is 40.6. The molecule has 176 valence electrons. The Labute approximate surface area is 193 Å². The molecule has 1 aromatic carbocycles. The number of amides is 3. The van der Waals surface area contributed by atoms with E-state index in [1.165, 1.54) is 30.0 Å². The van der Waals surface area contributed by atoms with E-state index in [4.69, 9.17) is 9.26 Å². The van der Waals surface area contributed by atoms with Gasteiger partial charge in [-0.05, 0) is 18.2 Å². The number of aromatic nitrogens is 4. The Morgan fingerprint density at radius 3 is 2.59 bits per heavy atom. The number of urea groups is 1. The van der Waals surface area contributed by atoms with Crippen LogP contribution in [0.4, 0.5) is 22.0 Å². The maximum absolute atomic E-state index is 12.6. The number of aromatic amines is 1. The van der Waals surface area contributed by atoms with Crippen molar-refractivity contribution in [3.05, 3.63) is 64.4 Å². The summed E-state index contributed by atoms with van der Waals surface area (Å²) in [6.45, 7) is 5.91. The fourth-order valence-electron chi connectivity index (χ4n) is 3.04. The van der Waals surface area contributed by atoms with E-state index in [9.17, 15) is 14.4 Å². The Morgan fingerprint density at radius 2 is 1.88 bits per heavy atom. The topological polar surface area (TPSA) is 156 Å². The third-order valence-corrected chi connectivity index (χ3v) is 4.78. The van der Waals surface area contributed by atoms with Crippen LogP contribution in [0.3, 0.4) is 0 Å². The Bertz CT molecular complexity index is 1430. The smallest absolute Gasteiger partial charge is 0.325 e. The molecule has 4 rings (SSSR count). The summed E-state index contributed by atoms with van der Waals surface area (Å²) in [6.07, 6.45) is 1.42. The average Bonchev–Trinajstić information content (AvgIpc) is 3.41. The molecule has 0 aliphatic rings. The molecule has 0 radical (unpaired) electrons. The van der Waals surface area contributed by atoms with Crippen LogP contribution in [0.25, 0.3) is 5.65 Å². The minimum atomic E-state index is -0.539. The summed E-state index contributed by atoms with van der Waals surface area (Å²) >= 11 is 0. The number of imidazole rings is 1. The number of fused-ring (bicyclic) bond motifs is 1. The first-order chi connectivity index (χ1) is 16.1. The fraction of sp³-hybridized carbons (Fsp3) is 0.227. The maximum atomic E-state index is 12.6. The zero-order valence-electron chi connectivity index (χ0n) is 18.9. The second kappa shape index (κ2) is 8.73.